The zero-order valence-corrected chi connectivity index (χ0v) is 15.8. The van der Waals surface area contributed by atoms with Crippen molar-refractivity contribution >= 4 is 5.97 Å². The van der Waals surface area contributed by atoms with E-state index in [0.29, 0.717) is 24.5 Å². The molecule has 0 saturated heterocycles. The van der Waals surface area contributed by atoms with Crippen LogP contribution in [0.1, 0.15) is 24.5 Å². The molecule has 0 aliphatic carbocycles. The zero-order chi connectivity index (χ0) is 19.7. The normalized spacial score (nSPS) is 12.5. The highest BCUT2D eigenvalue weighted by molar-refractivity contribution is 5.71. The smallest absolute Gasteiger partial charge is 0.307 e. The molecule has 0 unspecified atom stereocenters. The van der Waals surface area contributed by atoms with E-state index >= 15 is 0 Å². The van der Waals surface area contributed by atoms with Crippen molar-refractivity contribution < 1.29 is 19.0 Å². The van der Waals surface area contributed by atoms with Crippen LogP contribution in [-0.2, 0) is 15.1 Å². The minimum Gasteiger partial charge on any atom is -0.497 e. The van der Waals surface area contributed by atoms with E-state index in [0.717, 1.165) is 11.3 Å². The molecule has 0 spiro atoms. The molecule has 0 radical (unpaired) electrons. The van der Waals surface area contributed by atoms with Gasteiger partial charge in [0.05, 0.1) is 37.8 Å². The first-order chi connectivity index (χ1) is 13.0. The Morgan fingerprint density at radius 1 is 1.15 bits per heavy atom. The number of esters is 1. The summed E-state index contributed by atoms with van der Waals surface area (Å²) in [6, 6.07) is 16.7. The Hall–Kier alpha value is -3.04. The SMILES string of the molecule is COC(=O)C[C@](C)(NCCOc1cccc(C#N)c1)c1cccc(OC)c1. The highest BCUT2D eigenvalue weighted by Gasteiger charge is 2.30. The maximum absolute atomic E-state index is 11.9. The Kier molecular flexibility index (Phi) is 7.21. The molecule has 0 aliphatic rings. The maximum atomic E-state index is 11.9. The van der Waals surface area contributed by atoms with Crippen LogP contribution in [0.2, 0.25) is 0 Å². The molecule has 0 amide bonds. The fourth-order valence-corrected chi connectivity index (χ4v) is 2.74. The molecule has 2 rings (SSSR count). The predicted molar refractivity (Wildman–Crippen MR) is 102 cm³/mol. The second-order valence-corrected chi connectivity index (χ2v) is 6.23. The molecular formula is C21H24N2O4. The number of methoxy groups -OCH3 is 2. The molecule has 142 valence electrons. The molecule has 0 fully saturated rings. The number of hydrogen-bond acceptors (Lipinski definition) is 6. The van der Waals surface area contributed by atoms with Crippen molar-refractivity contribution in [1.29, 1.82) is 5.26 Å². The predicted octanol–water partition coefficient (Wildman–Crippen LogP) is 3.01. The number of carbonyl (C=O) groups excluding carboxylic acids is 1. The van der Waals surface area contributed by atoms with Crippen molar-refractivity contribution in [2.24, 2.45) is 0 Å². The lowest BCUT2D eigenvalue weighted by atomic mass is 9.88. The van der Waals surface area contributed by atoms with Crippen LogP contribution in [0.3, 0.4) is 0 Å². The van der Waals surface area contributed by atoms with Gasteiger partial charge in [-0.05, 0) is 42.8 Å². The Labute approximate surface area is 159 Å². The summed E-state index contributed by atoms with van der Waals surface area (Å²) in [5.41, 5.74) is 0.825. The molecule has 27 heavy (non-hydrogen) atoms. The van der Waals surface area contributed by atoms with Gasteiger partial charge in [0.2, 0.25) is 0 Å². The molecule has 1 N–H and O–H groups in total. The third-order valence-corrected chi connectivity index (χ3v) is 4.28. The van der Waals surface area contributed by atoms with E-state index in [1.165, 1.54) is 7.11 Å². The summed E-state index contributed by atoms with van der Waals surface area (Å²) in [5, 5.41) is 12.3. The first kappa shape index (κ1) is 20.3. The van der Waals surface area contributed by atoms with Crippen LogP contribution in [0.5, 0.6) is 11.5 Å². The van der Waals surface area contributed by atoms with Crippen LogP contribution in [0, 0.1) is 11.3 Å². The van der Waals surface area contributed by atoms with E-state index in [1.807, 2.05) is 31.2 Å². The summed E-state index contributed by atoms with van der Waals surface area (Å²) in [5.74, 6) is 1.04. The number of nitrogens with one attached hydrogen (secondary N) is 1. The number of ether oxygens (including phenoxy) is 3. The van der Waals surface area contributed by atoms with Crippen molar-refractivity contribution in [3.8, 4) is 17.6 Å². The van der Waals surface area contributed by atoms with Crippen LogP contribution in [0.15, 0.2) is 48.5 Å². The van der Waals surface area contributed by atoms with Gasteiger partial charge < -0.3 is 19.5 Å². The third-order valence-electron chi connectivity index (χ3n) is 4.28. The number of benzene rings is 2. The van der Waals surface area contributed by atoms with Gasteiger partial charge in [-0.1, -0.05) is 18.2 Å². The number of carbonyl (C=O) groups is 1. The van der Waals surface area contributed by atoms with Gasteiger partial charge in [-0.15, -0.1) is 0 Å². The lowest BCUT2D eigenvalue weighted by molar-refractivity contribution is -0.142. The summed E-state index contributed by atoms with van der Waals surface area (Å²) in [6.45, 7) is 2.83. The second kappa shape index (κ2) is 9.60. The van der Waals surface area contributed by atoms with E-state index in [1.54, 1.807) is 31.4 Å². The summed E-state index contributed by atoms with van der Waals surface area (Å²) in [7, 11) is 2.98. The molecule has 0 saturated carbocycles. The van der Waals surface area contributed by atoms with Crippen LogP contribution < -0.4 is 14.8 Å². The summed E-state index contributed by atoms with van der Waals surface area (Å²) < 4.78 is 15.8. The molecule has 2 aromatic carbocycles. The Balaban J connectivity index is 2.05. The Morgan fingerprint density at radius 3 is 2.59 bits per heavy atom. The molecule has 6 heteroatoms. The lowest BCUT2D eigenvalue weighted by Crippen LogP contribution is -2.43. The molecule has 6 nitrogen and oxygen atoms in total. The van der Waals surface area contributed by atoms with Crippen LogP contribution >= 0.6 is 0 Å². The van der Waals surface area contributed by atoms with Gasteiger partial charge in [0.25, 0.3) is 0 Å². The zero-order valence-electron chi connectivity index (χ0n) is 15.8. The quantitative estimate of drug-likeness (QED) is 0.541. The van der Waals surface area contributed by atoms with Gasteiger partial charge in [0.1, 0.15) is 18.1 Å². The second-order valence-electron chi connectivity index (χ2n) is 6.23. The van der Waals surface area contributed by atoms with Crippen LogP contribution in [0.4, 0.5) is 0 Å². The Bertz CT molecular complexity index is 816. The average Bonchev–Trinajstić information content (AvgIpc) is 2.71. The van der Waals surface area contributed by atoms with E-state index in [-0.39, 0.29) is 12.4 Å². The van der Waals surface area contributed by atoms with Gasteiger partial charge in [-0.3, -0.25) is 4.79 Å². The van der Waals surface area contributed by atoms with Crippen molar-refractivity contribution in [2.75, 3.05) is 27.4 Å². The van der Waals surface area contributed by atoms with Gasteiger partial charge in [0, 0.05) is 6.54 Å². The van der Waals surface area contributed by atoms with Gasteiger partial charge in [-0.2, -0.15) is 5.26 Å². The fraction of sp³-hybridized carbons (Fsp3) is 0.333. The number of hydrogen-bond donors (Lipinski definition) is 1. The minimum absolute atomic E-state index is 0.167. The van der Waals surface area contributed by atoms with Crippen LogP contribution in [0.25, 0.3) is 0 Å². The monoisotopic (exact) mass is 368 g/mol. The molecule has 0 heterocycles. The van der Waals surface area contributed by atoms with Gasteiger partial charge in [-0.25, -0.2) is 0 Å². The number of nitriles is 1. The lowest BCUT2D eigenvalue weighted by Gasteiger charge is -2.31. The summed E-state index contributed by atoms with van der Waals surface area (Å²) in [6.07, 6.45) is 0.167. The number of rotatable bonds is 9. The molecule has 0 bridgehead atoms. The van der Waals surface area contributed by atoms with Gasteiger partial charge in [0.15, 0.2) is 0 Å². The van der Waals surface area contributed by atoms with E-state index in [2.05, 4.69) is 11.4 Å². The fourth-order valence-electron chi connectivity index (χ4n) is 2.74. The first-order valence-electron chi connectivity index (χ1n) is 8.60. The van der Waals surface area contributed by atoms with Gasteiger partial charge >= 0.3 is 5.97 Å². The van der Waals surface area contributed by atoms with Crippen molar-refractivity contribution in [3.63, 3.8) is 0 Å². The first-order valence-corrected chi connectivity index (χ1v) is 8.60. The highest BCUT2D eigenvalue weighted by atomic mass is 16.5. The summed E-state index contributed by atoms with van der Waals surface area (Å²) in [4.78, 5) is 11.9. The molecule has 0 aliphatic heterocycles. The molecule has 0 aromatic heterocycles. The molecular weight excluding hydrogens is 344 g/mol. The Morgan fingerprint density at radius 2 is 1.89 bits per heavy atom. The highest BCUT2D eigenvalue weighted by Crippen LogP contribution is 2.28. The van der Waals surface area contributed by atoms with E-state index in [9.17, 15) is 4.79 Å². The van der Waals surface area contributed by atoms with E-state index < -0.39 is 5.54 Å². The summed E-state index contributed by atoms with van der Waals surface area (Å²) >= 11 is 0. The third kappa shape index (κ3) is 5.73. The van der Waals surface area contributed by atoms with Crippen LogP contribution in [-0.4, -0.2) is 33.3 Å². The largest absolute Gasteiger partial charge is 0.497 e. The average molecular weight is 368 g/mol. The van der Waals surface area contributed by atoms with Crippen molar-refractivity contribution in [3.05, 3.63) is 59.7 Å². The number of nitrogens with zero attached hydrogens (tertiary/aromatic N) is 1. The topological polar surface area (TPSA) is 80.6 Å². The molecule has 2 aromatic rings. The standard InChI is InChI=1S/C21H24N2O4/c1-21(14-20(24)26-3,17-7-5-8-18(13-17)25-2)23-10-11-27-19-9-4-6-16(12-19)15-22/h4-9,12-13,23H,10-11,14H2,1-3H3/t21-/m0/s1. The minimum atomic E-state index is -0.639. The van der Waals surface area contributed by atoms with E-state index in [4.69, 9.17) is 19.5 Å². The maximum Gasteiger partial charge on any atom is 0.307 e. The van der Waals surface area contributed by atoms with Crippen molar-refractivity contribution in [2.45, 2.75) is 18.9 Å². The molecule has 1 atom stereocenters. The van der Waals surface area contributed by atoms with Crippen molar-refractivity contribution in [1.82, 2.24) is 5.32 Å².